The van der Waals surface area contributed by atoms with Crippen molar-refractivity contribution in [2.24, 2.45) is 0 Å². The van der Waals surface area contributed by atoms with Crippen LogP contribution in [-0.4, -0.2) is 39.8 Å². The minimum atomic E-state index is -3.72. The van der Waals surface area contributed by atoms with E-state index in [0.29, 0.717) is 18.0 Å². The van der Waals surface area contributed by atoms with Crippen LogP contribution in [0.4, 0.5) is 5.69 Å². The molecule has 164 valence electrons. The molecule has 6 nitrogen and oxygen atoms in total. The Bertz CT molecular complexity index is 963. The fraction of sp³-hybridized carbons (Fsp3) is 0.381. The number of hydrogen-bond acceptors (Lipinski definition) is 4. The number of nitrogens with zero attached hydrogens (tertiary/aromatic N) is 1. The third-order valence-corrected chi connectivity index (χ3v) is 5.81. The Morgan fingerprint density at radius 2 is 1.80 bits per heavy atom. The molecule has 0 aliphatic heterocycles. The van der Waals surface area contributed by atoms with E-state index in [-0.39, 0.29) is 23.4 Å². The Labute approximate surface area is 188 Å². The standard InChI is InChI=1S/C21H26Cl2N2O4S/c1-15(2)29-18-9-6-16(7-10-18)5-4-12-24-21(26)14-25(30(3,27)28)20-13-17(22)8-11-19(20)23/h6-11,13,15H,4-5,12,14H2,1-3H3,(H,24,26). The smallest absolute Gasteiger partial charge is 0.240 e. The topological polar surface area (TPSA) is 75.7 Å². The van der Waals surface area contributed by atoms with E-state index in [2.05, 4.69) is 5.32 Å². The van der Waals surface area contributed by atoms with Crippen LogP contribution in [0.3, 0.4) is 0 Å². The number of ether oxygens (including phenoxy) is 1. The molecule has 0 bridgehead atoms. The van der Waals surface area contributed by atoms with Gasteiger partial charge in [-0.1, -0.05) is 35.3 Å². The number of nitrogens with one attached hydrogen (secondary N) is 1. The van der Waals surface area contributed by atoms with E-state index >= 15 is 0 Å². The van der Waals surface area contributed by atoms with Crippen molar-refractivity contribution in [1.82, 2.24) is 5.32 Å². The number of halogens is 2. The van der Waals surface area contributed by atoms with Crippen LogP contribution in [0.2, 0.25) is 10.0 Å². The number of amides is 1. The van der Waals surface area contributed by atoms with Crippen LogP contribution in [0.25, 0.3) is 0 Å². The summed E-state index contributed by atoms with van der Waals surface area (Å²) in [7, 11) is -3.72. The molecule has 1 amide bonds. The van der Waals surface area contributed by atoms with Crippen molar-refractivity contribution in [2.75, 3.05) is 23.7 Å². The minimum absolute atomic E-state index is 0.124. The molecule has 0 heterocycles. The fourth-order valence-corrected chi connectivity index (χ4v) is 4.07. The van der Waals surface area contributed by atoms with Gasteiger partial charge in [0.1, 0.15) is 12.3 Å². The molecule has 1 N–H and O–H groups in total. The Morgan fingerprint density at radius 3 is 2.40 bits per heavy atom. The quantitative estimate of drug-likeness (QED) is 0.523. The van der Waals surface area contributed by atoms with Crippen LogP contribution in [0.5, 0.6) is 5.75 Å². The van der Waals surface area contributed by atoms with Gasteiger partial charge in [0.05, 0.1) is 23.1 Å². The summed E-state index contributed by atoms with van der Waals surface area (Å²) in [5.74, 6) is 0.403. The monoisotopic (exact) mass is 472 g/mol. The average Bonchev–Trinajstić information content (AvgIpc) is 2.65. The predicted octanol–water partition coefficient (Wildman–Crippen LogP) is 4.30. The van der Waals surface area contributed by atoms with Crippen LogP contribution in [-0.2, 0) is 21.2 Å². The normalized spacial score (nSPS) is 11.4. The third-order valence-electron chi connectivity index (χ3n) is 4.12. The molecule has 2 rings (SSSR count). The molecule has 0 atom stereocenters. The number of anilines is 1. The van der Waals surface area contributed by atoms with Crippen molar-refractivity contribution >= 4 is 44.8 Å². The van der Waals surface area contributed by atoms with Crippen molar-refractivity contribution in [3.8, 4) is 5.75 Å². The Kier molecular flexibility index (Phi) is 8.82. The zero-order valence-corrected chi connectivity index (χ0v) is 19.5. The summed E-state index contributed by atoms with van der Waals surface area (Å²) >= 11 is 12.1. The molecule has 0 aliphatic rings. The molecule has 0 radical (unpaired) electrons. The van der Waals surface area contributed by atoms with Gasteiger partial charge in [0.25, 0.3) is 0 Å². The lowest BCUT2D eigenvalue weighted by Gasteiger charge is -2.23. The maximum atomic E-state index is 12.3. The molecule has 9 heteroatoms. The lowest BCUT2D eigenvalue weighted by molar-refractivity contribution is -0.119. The summed E-state index contributed by atoms with van der Waals surface area (Å²) in [6.45, 7) is 3.99. The Hall–Kier alpha value is -1.96. The summed E-state index contributed by atoms with van der Waals surface area (Å²) in [5.41, 5.74) is 1.30. The van der Waals surface area contributed by atoms with E-state index in [1.165, 1.54) is 12.1 Å². The molecule has 30 heavy (non-hydrogen) atoms. The molecule has 0 saturated carbocycles. The molecule has 0 fully saturated rings. The second-order valence-electron chi connectivity index (χ2n) is 7.13. The van der Waals surface area contributed by atoms with Crippen molar-refractivity contribution in [2.45, 2.75) is 32.8 Å². The molecular formula is C21H26Cl2N2O4S. The van der Waals surface area contributed by atoms with Crippen LogP contribution < -0.4 is 14.4 Å². The number of sulfonamides is 1. The van der Waals surface area contributed by atoms with Crippen molar-refractivity contribution in [3.63, 3.8) is 0 Å². The average molecular weight is 473 g/mol. The van der Waals surface area contributed by atoms with Gasteiger partial charge in [0, 0.05) is 11.6 Å². The molecule has 0 aromatic heterocycles. The number of carbonyl (C=O) groups excluding carboxylic acids is 1. The highest BCUT2D eigenvalue weighted by Gasteiger charge is 2.23. The summed E-state index contributed by atoms with van der Waals surface area (Å²) < 4.78 is 30.9. The first-order chi connectivity index (χ1) is 14.1. The molecule has 0 saturated heterocycles. The maximum absolute atomic E-state index is 12.3. The van der Waals surface area contributed by atoms with Crippen molar-refractivity contribution < 1.29 is 17.9 Å². The van der Waals surface area contributed by atoms with Crippen molar-refractivity contribution in [3.05, 3.63) is 58.1 Å². The van der Waals surface area contributed by atoms with Gasteiger partial charge in [-0.15, -0.1) is 0 Å². The summed E-state index contributed by atoms with van der Waals surface area (Å²) in [6.07, 6.45) is 2.63. The van der Waals surface area contributed by atoms with Crippen molar-refractivity contribution in [1.29, 1.82) is 0 Å². The first kappa shape index (κ1) is 24.3. The summed E-state index contributed by atoms with van der Waals surface area (Å²) in [4.78, 5) is 12.3. The van der Waals surface area contributed by atoms with Crippen LogP contribution in [0.1, 0.15) is 25.8 Å². The number of rotatable bonds is 10. The van der Waals surface area contributed by atoms with Crippen LogP contribution in [0, 0.1) is 0 Å². The highest BCUT2D eigenvalue weighted by Crippen LogP contribution is 2.30. The second-order valence-corrected chi connectivity index (χ2v) is 9.88. The molecule has 0 unspecified atom stereocenters. The first-order valence-corrected chi connectivity index (χ1v) is 12.1. The number of carbonyl (C=O) groups is 1. The van der Waals surface area contributed by atoms with Gasteiger partial charge in [-0.3, -0.25) is 9.10 Å². The van der Waals surface area contributed by atoms with E-state index in [0.717, 1.165) is 28.3 Å². The van der Waals surface area contributed by atoms with E-state index in [1.807, 2.05) is 38.1 Å². The van der Waals surface area contributed by atoms with Gasteiger partial charge < -0.3 is 10.1 Å². The zero-order chi connectivity index (χ0) is 22.3. The van der Waals surface area contributed by atoms with Gasteiger partial charge in [0.2, 0.25) is 15.9 Å². The predicted molar refractivity (Wildman–Crippen MR) is 122 cm³/mol. The molecule has 2 aromatic rings. The Morgan fingerprint density at radius 1 is 1.13 bits per heavy atom. The lowest BCUT2D eigenvalue weighted by Crippen LogP contribution is -2.40. The SMILES string of the molecule is CC(C)Oc1ccc(CCCNC(=O)CN(c2cc(Cl)ccc2Cl)S(C)(=O)=O)cc1. The van der Waals surface area contributed by atoms with E-state index in [4.69, 9.17) is 27.9 Å². The Balaban J connectivity index is 1.88. The van der Waals surface area contributed by atoms with Crippen LogP contribution >= 0.6 is 23.2 Å². The highest BCUT2D eigenvalue weighted by atomic mass is 35.5. The van der Waals surface area contributed by atoms with Gasteiger partial charge in [0.15, 0.2) is 0 Å². The molecule has 0 spiro atoms. The van der Waals surface area contributed by atoms with E-state index < -0.39 is 15.9 Å². The fourth-order valence-electron chi connectivity index (χ4n) is 2.77. The van der Waals surface area contributed by atoms with E-state index in [9.17, 15) is 13.2 Å². The first-order valence-electron chi connectivity index (χ1n) is 9.51. The van der Waals surface area contributed by atoms with Gasteiger partial charge in [-0.2, -0.15) is 0 Å². The second kappa shape index (κ2) is 10.9. The molecule has 2 aromatic carbocycles. The largest absolute Gasteiger partial charge is 0.491 e. The lowest BCUT2D eigenvalue weighted by atomic mass is 10.1. The number of hydrogen-bond donors (Lipinski definition) is 1. The van der Waals surface area contributed by atoms with E-state index in [1.54, 1.807) is 6.07 Å². The minimum Gasteiger partial charge on any atom is -0.491 e. The number of aryl methyl sites for hydroxylation is 1. The summed E-state index contributed by atoms with van der Waals surface area (Å²) in [5, 5.41) is 3.27. The third kappa shape index (κ3) is 7.70. The van der Waals surface area contributed by atoms with Gasteiger partial charge in [-0.05, 0) is 62.6 Å². The maximum Gasteiger partial charge on any atom is 0.240 e. The zero-order valence-electron chi connectivity index (χ0n) is 17.2. The van der Waals surface area contributed by atoms with Gasteiger partial charge in [-0.25, -0.2) is 8.42 Å². The molecule has 0 aliphatic carbocycles. The van der Waals surface area contributed by atoms with Crippen LogP contribution in [0.15, 0.2) is 42.5 Å². The summed E-state index contributed by atoms with van der Waals surface area (Å²) in [6, 6.07) is 12.3. The van der Waals surface area contributed by atoms with Gasteiger partial charge >= 0.3 is 0 Å². The highest BCUT2D eigenvalue weighted by molar-refractivity contribution is 7.92. The molecular weight excluding hydrogens is 447 g/mol. The number of benzene rings is 2.